The molecule has 0 saturated heterocycles. The summed E-state index contributed by atoms with van der Waals surface area (Å²) in [6, 6.07) is 0. The molecule has 0 bridgehead atoms. The van der Waals surface area contributed by atoms with E-state index in [0.717, 1.165) is 5.92 Å². The lowest BCUT2D eigenvalue weighted by atomic mass is 9.95. The molecule has 1 aromatic heterocycles. The summed E-state index contributed by atoms with van der Waals surface area (Å²) in [6.45, 7) is 6.81. The monoisotopic (exact) mass is 192 g/mol. The zero-order valence-corrected chi connectivity index (χ0v) is 9.45. The van der Waals surface area contributed by atoms with Gasteiger partial charge in [0.05, 0.1) is 12.0 Å². The highest BCUT2D eigenvalue weighted by molar-refractivity contribution is 5.12. The molecule has 78 valence electrons. The lowest BCUT2D eigenvalue weighted by Crippen LogP contribution is -2.26. The van der Waals surface area contributed by atoms with Crippen LogP contribution in [-0.2, 0) is 5.54 Å². The lowest BCUT2D eigenvalue weighted by molar-refractivity contribution is 0.293. The maximum absolute atomic E-state index is 4.50. The van der Waals surface area contributed by atoms with E-state index in [4.69, 9.17) is 0 Å². The van der Waals surface area contributed by atoms with Gasteiger partial charge >= 0.3 is 0 Å². The van der Waals surface area contributed by atoms with Crippen molar-refractivity contribution in [2.75, 3.05) is 0 Å². The molecule has 2 rings (SSSR count). The van der Waals surface area contributed by atoms with E-state index in [0.29, 0.717) is 0 Å². The average molecular weight is 192 g/mol. The summed E-state index contributed by atoms with van der Waals surface area (Å²) >= 11 is 0. The third kappa shape index (κ3) is 1.58. The number of aromatic nitrogens is 2. The van der Waals surface area contributed by atoms with Gasteiger partial charge in [-0.2, -0.15) is 0 Å². The van der Waals surface area contributed by atoms with Crippen LogP contribution in [0.4, 0.5) is 0 Å². The summed E-state index contributed by atoms with van der Waals surface area (Å²) in [5.41, 5.74) is 1.57. The number of imidazole rings is 1. The Labute approximate surface area is 86.3 Å². The maximum atomic E-state index is 4.50. The van der Waals surface area contributed by atoms with Crippen molar-refractivity contribution in [2.45, 2.75) is 57.9 Å². The minimum atomic E-state index is 0.264. The Bertz CT molecular complexity index is 306. The molecule has 0 amide bonds. The van der Waals surface area contributed by atoms with E-state index in [1.807, 2.05) is 6.33 Å². The molecular weight excluding hydrogens is 172 g/mol. The largest absolute Gasteiger partial charge is 0.331 e. The zero-order valence-electron chi connectivity index (χ0n) is 9.45. The van der Waals surface area contributed by atoms with Crippen molar-refractivity contribution in [1.29, 1.82) is 0 Å². The topological polar surface area (TPSA) is 17.8 Å². The van der Waals surface area contributed by atoms with Crippen LogP contribution in [0.25, 0.3) is 0 Å². The molecule has 0 aromatic carbocycles. The fourth-order valence-corrected chi connectivity index (χ4v) is 1.84. The van der Waals surface area contributed by atoms with Crippen molar-refractivity contribution in [2.24, 2.45) is 0 Å². The van der Waals surface area contributed by atoms with Crippen LogP contribution < -0.4 is 0 Å². The second-order valence-corrected chi connectivity index (χ2v) is 4.68. The van der Waals surface area contributed by atoms with E-state index < -0.39 is 0 Å². The van der Waals surface area contributed by atoms with E-state index in [2.05, 4.69) is 36.5 Å². The van der Waals surface area contributed by atoms with E-state index >= 15 is 0 Å². The molecule has 1 aliphatic rings. The molecule has 0 radical (unpaired) electrons. The first kappa shape index (κ1) is 9.75. The first-order chi connectivity index (χ1) is 6.69. The highest BCUT2D eigenvalue weighted by Gasteiger charge is 2.28. The standard InChI is InChI=1S/C12H20N2/c1-4-12(3,5-2)14-8-11(13-9-14)10-6-7-10/h8-10H,4-7H2,1-3H3. The molecule has 1 aromatic rings. The number of nitrogens with zero attached hydrogens (tertiary/aromatic N) is 2. The minimum absolute atomic E-state index is 0.264. The Balaban J connectivity index is 2.21. The SMILES string of the molecule is CCC(C)(CC)n1cnc(C2CC2)c1. The van der Waals surface area contributed by atoms with Gasteiger partial charge in [0.1, 0.15) is 0 Å². The van der Waals surface area contributed by atoms with Gasteiger partial charge in [0, 0.05) is 17.7 Å². The molecule has 0 spiro atoms. The van der Waals surface area contributed by atoms with Gasteiger partial charge in [-0.15, -0.1) is 0 Å². The van der Waals surface area contributed by atoms with Crippen molar-refractivity contribution < 1.29 is 0 Å². The molecule has 1 fully saturated rings. The van der Waals surface area contributed by atoms with Gasteiger partial charge in [-0.25, -0.2) is 4.98 Å². The second kappa shape index (κ2) is 3.41. The van der Waals surface area contributed by atoms with E-state index in [1.54, 1.807) is 0 Å². The Morgan fingerprint density at radius 2 is 2.07 bits per heavy atom. The summed E-state index contributed by atoms with van der Waals surface area (Å²) in [6.07, 6.45) is 9.29. The normalized spacial score (nSPS) is 17.4. The molecule has 0 unspecified atom stereocenters. The zero-order chi connectivity index (χ0) is 10.2. The molecular formula is C12H20N2. The van der Waals surface area contributed by atoms with Crippen molar-refractivity contribution in [3.8, 4) is 0 Å². The number of hydrogen-bond acceptors (Lipinski definition) is 1. The van der Waals surface area contributed by atoms with Gasteiger partial charge in [-0.1, -0.05) is 13.8 Å². The van der Waals surface area contributed by atoms with Crippen LogP contribution in [-0.4, -0.2) is 9.55 Å². The average Bonchev–Trinajstić information content (AvgIpc) is 2.95. The van der Waals surface area contributed by atoms with Gasteiger partial charge in [0.15, 0.2) is 0 Å². The molecule has 2 heteroatoms. The van der Waals surface area contributed by atoms with Crippen LogP contribution >= 0.6 is 0 Å². The van der Waals surface area contributed by atoms with Gasteiger partial charge < -0.3 is 4.57 Å². The van der Waals surface area contributed by atoms with Gasteiger partial charge in [-0.05, 0) is 32.6 Å². The highest BCUT2D eigenvalue weighted by Crippen LogP contribution is 2.39. The van der Waals surface area contributed by atoms with Crippen LogP contribution in [0.1, 0.15) is 58.1 Å². The summed E-state index contributed by atoms with van der Waals surface area (Å²) in [4.78, 5) is 4.50. The third-order valence-electron chi connectivity index (χ3n) is 3.74. The number of rotatable bonds is 4. The van der Waals surface area contributed by atoms with Gasteiger partial charge in [-0.3, -0.25) is 0 Å². The van der Waals surface area contributed by atoms with Crippen LogP contribution in [0.3, 0.4) is 0 Å². The summed E-state index contributed by atoms with van der Waals surface area (Å²) < 4.78 is 2.31. The summed E-state index contributed by atoms with van der Waals surface area (Å²) in [5, 5.41) is 0. The fourth-order valence-electron chi connectivity index (χ4n) is 1.84. The molecule has 1 heterocycles. The van der Waals surface area contributed by atoms with Crippen LogP contribution in [0.5, 0.6) is 0 Å². The van der Waals surface area contributed by atoms with E-state index in [1.165, 1.54) is 31.4 Å². The third-order valence-corrected chi connectivity index (χ3v) is 3.74. The molecule has 2 nitrogen and oxygen atoms in total. The molecule has 0 N–H and O–H groups in total. The van der Waals surface area contributed by atoms with E-state index in [-0.39, 0.29) is 5.54 Å². The Kier molecular flexibility index (Phi) is 2.38. The maximum Gasteiger partial charge on any atom is 0.0954 e. The predicted octanol–water partition coefficient (Wildman–Crippen LogP) is 3.30. The first-order valence-corrected chi connectivity index (χ1v) is 5.74. The molecule has 14 heavy (non-hydrogen) atoms. The lowest BCUT2D eigenvalue weighted by Gasteiger charge is -2.28. The van der Waals surface area contributed by atoms with Crippen molar-refractivity contribution in [3.05, 3.63) is 18.2 Å². The Hall–Kier alpha value is -0.790. The van der Waals surface area contributed by atoms with Crippen LogP contribution in [0, 0.1) is 0 Å². The summed E-state index contributed by atoms with van der Waals surface area (Å²) in [5.74, 6) is 0.772. The van der Waals surface area contributed by atoms with Gasteiger partial charge in [0.25, 0.3) is 0 Å². The quantitative estimate of drug-likeness (QED) is 0.715. The molecule has 0 aliphatic heterocycles. The molecule has 0 atom stereocenters. The highest BCUT2D eigenvalue weighted by atomic mass is 15.1. The van der Waals surface area contributed by atoms with Crippen molar-refractivity contribution in [3.63, 3.8) is 0 Å². The smallest absolute Gasteiger partial charge is 0.0954 e. The number of hydrogen-bond donors (Lipinski definition) is 0. The Morgan fingerprint density at radius 3 is 2.57 bits per heavy atom. The van der Waals surface area contributed by atoms with Crippen molar-refractivity contribution in [1.82, 2.24) is 9.55 Å². The Morgan fingerprint density at radius 1 is 1.43 bits per heavy atom. The first-order valence-electron chi connectivity index (χ1n) is 5.74. The van der Waals surface area contributed by atoms with Crippen LogP contribution in [0.15, 0.2) is 12.5 Å². The molecule has 1 aliphatic carbocycles. The van der Waals surface area contributed by atoms with Crippen molar-refractivity contribution >= 4 is 0 Å². The minimum Gasteiger partial charge on any atom is -0.331 e. The van der Waals surface area contributed by atoms with E-state index in [9.17, 15) is 0 Å². The predicted molar refractivity (Wildman–Crippen MR) is 58.4 cm³/mol. The molecule has 1 saturated carbocycles. The second-order valence-electron chi connectivity index (χ2n) is 4.68. The summed E-state index contributed by atoms with van der Waals surface area (Å²) in [7, 11) is 0. The van der Waals surface area contributed by atoms with Gasteiger partial charge in [0.2, 0.25) is 0 Å². The fraction of sp³-hybridized carbons (Fsp3) is 0.750. The van der Waals surface area contributed by atoms with Crippen LogP contribution in [0.2, 0.25) is 0 Å².